The number of rotatable bonds is 7. The molecule has 0 saturated carbocycles. The summed E-state index contributed by atoms with van der Waals surface area (Å²) in [6.07, 6.45) is 6.81. The number of thiophene rings is 1. The molecular formula is C15H23NOS. The lowest BCUT2D eigenvalue weighted by Crippen LogP contribution is -2.37. The molecule has 3 heteroatoms. The Hall–Kier alpha value is -1.09. The van der Waals surface area contributed by atoms with Crippen LogP contribution in [-0.2, 0) is 4.79 Å². The van der Waals surface area contributed by atoms with E-state index < -0.39 is 0 Å². The van der Waals surface area contributed by atoms with E-state index in [1.807, 2.05) is 28.5 Å². The zero-order chi connectivity index (χ0) is 13.4. The highest BCUT2D eigenvalue weighted by atomic mass is 32.1. The number of nitrogens with zero attached hydrogens (tertiary/aromatic N) is 1. The van der Waals surface area contributed by atoms with Crippen molar-refractivity contribution >= 4 is 23.3 Å². The Morgan fingerprint density at radius 2 is 2.28 bits per heavy atom. The summed E-state index contributed by atoms with van der Waals surface area (Å²) in [5, 5.41) is 2.02. The molecule has 0 aliphatic carbocycles. The van der Waals surface area contributed by atoms with Crippen LogP contribution in [0.1, 0.15) is 44.9 Å². The number of hydrogen-bond acceptors (Lipinski definition) is 2. The van der Waals surface area contributed by atoms with Crippen LogP contribution in [0.4, 0.5) is 0 Å². The fraction of sp³-hybridized carbons (Fsp3) is 0.533. The zero-order valence-corrected chi connectivity index (χ0v) is 12.4. The highest BCUT2D eigenvalue weighted by molar-refractivity contribution is 7.10. The number of unbranched alkanes of at least 4 members (excludes halogenated alkanes) is 1. The predicted octanol–water partition coefficient (Wildman–Crippen LogP) is 4.19. The van der Waals surface area contributed by atoms with Crippen molar-refractivity contribution in [1.82, 2.24) is 4.90 Å². The highest BCUT2D eigenvalue weighted by Gasteiger charge is 2.15. The van der Waals surface area contributed by atoms with Crippen LogP contribution in [0.5, 0.6) is 0 Å². The van der Waals surface area contributed by atoms with Crippen molar-refractivity contribution in [2.75, 3.05) is 6.54 Å². The molecule has 1 aromatic rings. The first-order valence-corrected chi connectivity index (χ1v) is 7.59. The van der Waals surface area contributed by atoms with Gasteiger partial charge in [0.05, 0.1) is 0 Å². The van der Waals surface area contributed by atoms with Gasteiger partial charge in [0.2, 0.25) is 5.91 Å². The SMILES string of the molecule is CCCCN(C(=O)/C=C/c1cccs1)C(C)CC. The maximum Gasteiger partial charge on any atom is 0.246 e. The van der Waals surface area contributed by atoms with Gasteiger partial charge in [0.1, 0.15) is 0 Å². The molecule has 1 heterocycles. The van der Waals surface area contributed by atoms with Gasteiger partial charge in [-0.3, -0.25) is 4.79 Å². The molecule has 1 unspecified atom stereocenters. The third-order valence-electron chi connectivity index (χ3n) is 3.09. The Bertz CT molecular complexity index is 370. The fourth-order valence-corrected chi connectivity index (χ4v) is 2.35. The molecule has 1 atom stereocenters. The molecule has 0 fully saturated rings. The first-order valence-electron chi connectivity index (χ1n) is 6.71. The van der Waals surface area contributed by atoms with Crippen LogP contribution in [0.3, 0.4) is 0 Å². The summed E-state index contributed by atoms with van der Waals surface area (Å²) in [6, 6.07) is 4.34. The van der Waals surface area contributed by atoms with Crippen molar-refractivity contribution in [3.63, 3.8) is 0 Å². The molecule has 1 rings (SSSR count). The van der Waals surface area contributed by atoms with E-state index in [0.29, 0.717) is 6.04 Å². The van der Waals surface area contributed by atoms with Crippen molar-refractivity contribution in [3.8, 4) is 0 Å². The molecule has 18 heavy (non-hydrogen) atoms. The lowest BCUT2D eigenvalue weighted by molar-refractivity contribution is -0.128. The number of amides is 1. The Morgan fingerprint density at radius 1 is 1.50 bits per heavy atom. The Morgan fingerprint density at radius 3 is 2.83 bits per heavy atom. The molecule has 1 amide bonds. The molecule has 0 aliphatic rings. The largest absolute Gasteiger partial charge is 0.336 e. The fourth-order valence-electron chi connectivity index (χ4n) is 1.73. The monoisotopic (exact) mass is 265 g/mol. The van der Waals surface area contributed by atoms with Crippen LogP contribution >= 0.6 is 11.3 Å². The molecule has 0 saturated heterocycles. The summed E-state index contributed by atoms with van der Waals surface area (Å²) >= 11 is 1.65. The van der Waals surface area contributed by atoms with E-state index in [-0.39, 0.29) is 5.91 Å². The highest BCUT2D eigenvalue weighted by Crippen LogP contribution is 2.12. The van der Waals surface area contributed by atoms with Gasteiger partial charge in [0.15, 0.2) is 0 Å². The Balaban J connectivity index is 2.63. The van der Waals surface area contributed by atoms with E-state index in [4.69, 9.17) is 0 Å². The van der Waals surface area contributed by atoms with Crippen molar-refractivity contribution in [2.24, 2.45) is 0 Å². The topological polar surface area (TPSA) is 20.3 Å². The Kier molecular flexibility index (Phi) is 6.73. The van der Waals surface area contributed by atoms with Crippen molar-refractivity contribution in [3.05, 3.63) is 28.5 Å². The minimum Gasteiger partial charge on any atom is -0.336 e. The molecule has 0 aromatic carbocycles. The summed E-state index contributed by atoms with van der Waals surface area (Å²) in [4.78, 5) is 15.3. The predicted molar refractivity (Wildman–Crippen MR) is 79.7 cm³/mol. The van der Waals surface area contributed by atoms with E-state index in [1.165, 1.54) is 0 Å². The molecule has 100 valence electrons. The average Bonchev–Trinajstić information content (AvgIpc) is 2.89. The van der Waals surface area contributed by atoms with Crippen molar-refractivity contribution < 1.29 is 4.79 Å². The Labute approximate surface area is 114 Å². The average molecular weight is 265 g/mol. The third kappa shape index (κ3) is 4.65. The summed E-state index contributed by atoms with van der Waals surface area (Å²) in [6.45, 7) is 7.26. The van der Waals surface area contributed by atoms with Crippen LogP contribution in [-0.4, -0.2) is 23.4 Å². The zero-order valence-electron chi connectivity index (χ0n) is 11.6. The lowest BCUT2D eigenvalue weighted by Gasteiger charge is -2.27. The second-order valence-corrected chi connectivity index (χ2v) is 5.47. The van der Waals surface area contributed by atoms with Crippen LogP contribution in [0, 0.1) is 0 Å². The molecule has 0 N–H and O–H groups in total. The van der Waals surface area contributed by atoms with Crippen LogP contribution in [0.25, 0.3) is 6.08 Å². The standard InChI is InChI=1S/C15H23NOS/c1-4-6-11-16(13(3)5-2)15(17)10-9-14-8-7-12-18-14/h7-10,12-13H,4-6,11H2,1-3H3/b10-9+. The summed E-state index contributed by atoms with van der Waals surface area (Å²) < 4.78 is 0. The van der Waals surface area contributed by atoms with Gasteiger partial charge in [0.25, 0.3) is 0 Å². The molecule has 0 radical (unpaired) electrons. The lowest BCUT2D eigenvalue weighted by atomic mass is 10.2. The van der Waals surface area contributed by atoms with E-state index >= 15 is 0 Å². The number of carbonyl (C=O) groups is 1. The molecule has 0 spiro atoms. The van der Waals surface area contributed by atoms with Gasteiger partial charge < -0.3 is 4.90 Å². The summed E-state index contributed by atoms with van der Waals surface area (Å²) in [5.41, 5.74) is 0. The maximum absolute atomic E-state index is 12.2. The summed E-state index contributed by atoms with van der Waals surface area (Å²) in [5.74, 6) is 0.131. The van der Waals surface area contributed by atoms with Gasteiger partial charge in [0, 0.05) is 23.5 Å². The molecule has 0 aliphatic heterocycles. The quantitative estimate of drug-likeness (QED) is 0.677. The van der Waals surface area contributed by atoms with Crippen LogP contribution < -0.4 is 0 Å². The third-order valence-corrected chi connectivity index (χ3v) is 3.93. The van der Waals surface area contributed by atoms with Gasteiger partial charge in [-0.1, -0.05) is 26.3 Å². The smallest absolute Gasteiger partial charge is 0.246 e. The molecule has 2 nitrogen and oxygen atoms in total. The van der Waals surface area contributed by atoms with E-state index in [9.17, 15) is 4.79 Å². The van der Waals surface area contributed by atoms with Gasteiger partial charge in [-0.2, -0.15) is 0 Å². The minimum absolute atomic E-state index is 0.131. The maximum atomic E-state index is 12.2. The first kappa shape index (κ1) is 15.0. The second-order valence-electron chi connectivity index (χ2n) is 4.49. The van der Waals surface area contributed by atoms with Crippen molar-refractivity contribution in [2.45, 2.75) is 46.1 Å². The minimum atomic E-state index is 0.131. The second kappa shape index (κ2) is 8.09. The van der Waals surface area contributed by atoms with Gasteiger partial charge in [-0.05, 0) is 37.3 Å². The van der Waals surface area contributed by atoms with Gasteiger partial charge in [-0.15, -0.1) is 11.3 Å². The van der Waals surface area contributed by atoms with Crippen LogP contribution in [0.15, 0.2) is 23.6 Å². The van der Waals surface area contributed by atoms with Crippen molar-refractivity contribution in [1.29, 1.82) is 0 Å². The molecular weight excluding hydrogens is 242 g/mol. The van der Waals surface area contributed by atoms with E-state index in [1.54, 1.807) is 17.4 Å². The van der Waals surface area contributed by atoms with Gasteiger partial charge >= 0.3 is 0 Å². The van der Waals surface area contributed by atoms with E-state index in [2.05, 4.69) is 20.8 Å². The van der Waals surface area contributed by atoms with Crippen LogP contribution in [0.2, 0.25) is 0 Å². The molecule has 1 aromatic heterocycles. The number of hydrogen-bond donors (Lipinski definition) is 0. The van der Waals surface area contributed by atoms with E-state index in [0.717, 1.165) is 30.7 Å². The molecule has 0 bridgehead atoms. The van der Waals surface area contributed by atoms with Gasteiger partial charge in [-0.25, -0.2) is 0 Å². The summed E-state index contributed by atoms with van der Waals surface area (Å²) in [7, 11) is 0. The normalized spacial score (nSPS) is 12.8. The number of carbonyl (C=O) groups excluding carboxylic acids is 1. The first-order chi connectivity index (χ1) is 8.69.